The van der Waals surface area contributed by atoms with Crippen molar-refractivity contribution in [1.29, 1.82) is 0 Å². The summed E-state index contributed by atoms with van der Waals surface area (Å²) in [6, 6.07) is 12.5. The molecule has 2 aliphatic rings. The van der Waals surface area contributed by atoms with Crippen molar-refractivity contribution < 1.29 is 18.0 Å². The number of rotatable bonds is 4. The Labute approximate surface area is 183 Å². The topological polar surface area (TPSA) is 78.0 Å². The Morgan fingerprint density at radius 1 is 0.968 bits per heavy atom. The Bertz CT molecular complexity index is 1160. The van der Waals surface area contributed by atoms with Crippen molar-refractivity contribution in [3.05, 3.63) is 53.6 Å². The average Bonchev–Trinajstić information content (AvgIpc) is 3.21. The SMILES string of the molecule is CC(=O)N1c2ccc(S(=O)(=O)N(C)CC(=O)N3c4ccccc4C[C@H]3C)cc2C[C@@H]1C. The standard InChI is InChI=1S/C23H27N3O4S/c1-15-12-19-13-20(9-10-22(19)25(15)17(3)27)31(29,30)24(4)14-23(28)26-16(2)11-18-7-5-6-8-21(18)26/h5-10,13,15-16H,11-12,14H2,1-4H3/t15-,16+/m0/s1. The highest BCUT2D eigenvalue weighted by molar-refractivity contribution is 7.89. The Hall–Kier alpha value is -2.71. The highest BCUT2D eigenvalue weighted by atomic mass is 32.2. The number of para-hydroxylation sites is 1. The molecule has 0 fully saturated rings. The summed E-state index contributed by atoms with van der Waals surface area (Å²) in [5.41, 5.74) is 3.52. The van der Waals surface area contributed by atoms with Crippen molar-refractivity contribution in [3.63, 3.8) is 0 Å². The van der Waals surface area contributed by atoms with E-state index in [1.807, 2.05) is 38.1 Å². The first-order valence-corrected chi connectivity index (χ1v) is 11.8. The molecule has 2 aromatic carbocycles. The van der Waals surface area contributed by atoms with Crippen molar-refractivity contribution in [2.75, 3.05) is 23.4 Å². The van der Waals surface area contributed by atoms with E-state index in [4.69, 9.17) is 0 Å². The minimum atomic E-state index is -3.85. The first-order chi connectivity index (χ1) is 14.6. The van der Waals surface area contributed by atoms with Crippen LogP contribution in [0.1, 0.15) is 31.9 Å². The third-order valence-electron chi connectivity index (χ3n) is 6.15. The third-order valence-corrected chi connectivity index (χ3v) is 7.95. The molecule has 2 heterocycles. The van der Waals surface area contributed by atoms with Gasteiger partial charge in [-0.15, -0.1) is 0 Å². The maximum atomic E-state index is 13.2. The summed E-state index contributed by atoms with van der Waals surface area (Å²) in [5.74, 6) is -0.314. The van der Waals surface area contributed by atoms with E-state index in [0.29, 0.717) is 6.42 Å². The predicted octanol–water partition coefficient (Wildman–Crippen LogP) is 2.58. The smallest absolute Gasteiger partial charge is 0.243 e. The summed E-state index contributed by atoms with van der Waals surface area (Å²) < 4.78 is 27.5. The monoisotopic (exact) mass is 441 g/mol. The maximum absolute atomic E-state index is 13.2. The van der Waals surface area contributed by atoms with E-state index in [0.717, 1.165) is 33.2 Å². The number of hydrogen-bond donors (Lipinski definition) is 0. The van der Waals surface area contributed by atoms with Gasteiger partial charge in [-0.3, -0.25) is 9.59 Å². The molecule has 0 N–H and O–H groups in total. The average molecular weight is 442 g/mol. The maximum Gasteiger partial charge on any atom is 0.243 e. The number of sulfonamides is 1. The normalized spacial score (nSPS) is 20.2. The first-order valence-electron chi connectivity index (χ1n) is 10.4. The summed E-state index contributed by atoms with van der Waals surface area (Å²) in [6.45, 7) is 5.17. The van der Waals surface area contributed by atoms with Crippen LogP contribution in [0.2, 0.25) is 0 Å². The number of likely N-dealkylation sites (N-methyl/N-ethyl adjacent to an activating group) is 1. The summed E-state index contributed by atoms with van der Waals surface area (Å²) in [4.78, 5) is 28.5. The number of fused-ring (bicyclic) bond motifs is 2. The van der Waals surface area contributed by atoms with E-state index in [1.54, 1.807) is 21.9 Å². The molecule has 2 aromatic rings. The Morgan fingerprint density at radius 2 is 1.58 bits per heavy atom. The second-order valence-electron chi connectivity index (χ2n) is 8.44. The van der Waals surface area contributed by atoms with Crippen molar-refractivity contribution in [2.24, 2.45) is 0 Å². The highest BCUT2D eigenvalue weighted by Crippen LogP contribution is 2.35. The summed E-state index contributed by atoms with van der Waals surface area (Å²) in [5, 5.41) is 0. The lowest BCUT2D eigenvalue weighted by Crippen LogP contribution is -2.43. The number of amides is 2. The Morgan fingerprint density at radius 3 is 2.29 bits per heavy atom. The van der Waals surface area contributed by atoms with Crippen molar-refractivity contribution >= 4 is 33.2 Å². The molecule has 0 unspecified atom stereocenters. The van der Waals surface area contributed by atoms with Gasteiger partial charge < -0.3 is 9.80 Å². The van der Waals surface area contributed by atoms with Crippen LogP contribution in [-0.4, -0.2) is 50.2 Å². The van der Waals surface area contributed by atoms with Crippen molar-refractivity contribution in [1.82, 2.24) is 4.31 Å². The van der Waals surface area contributed by atoms with Gasteiger partial charge in [0.2, 0.25) is 21.8 Å². The molecule has 0 bridgehead atoms. The lowest BCUT2D eigenvalue weighted by atomic mass is 10.1. The highest BCUT2D eigenvalue weighted by Gasteiger charge is 2.34. The minimum Gasteiger partial charge on any atom is -0.309 e. The molecule has 0 radical (unpaired) electrons. The van der Waals surface area contributed by atoms with Crippen LogP contribution < -0.4 is 9.80 Å². The first kappa shape index (κ1) is 21.5. The van der Waals surface area contributed by atoms with Gasteiger partial charge in [-0.2, -0.15) is 4.31 Å². The molecule has 0 aliphatic carbocycles. The lowest BCUT2D eigenvalue weighted by Gasteiger charge is -2.26. The van der Waals surface area contributed by atoms with E-state index in [9.17, 15) is 18.0 Å². The number of nitrogens with zero attached hydrogens (tertiary/aromatic N) is 3. The molecular weight excluding hydrogens is 414 g/mol. The summed E-state index contributed by atoms with van der Waals surface area (Å²) in [7, 11) is -2.42. The second kappa shape index (κ2) is 7.76. The van der Waals surface area contributed by atoms with Crippen LogP contribution >= 0.6 is 0 Å². The van der Waals surface area contributed by atoms with Gasteiger partial charge >= 0.3 is 0 Å². The molecule has 0 aromatic heterocycles. The summed E-state index contributed by atoms with van der Waals surface area (Å²) >= 11 is 0. The van der Waals surface area contributed by atoms with Crippen LogP contribution in [0, 0.1) is 0 Å². The molecule has 0 saturated heterocycles. The van der Waals surface area contributed by atoms with Crippen LogP contribution in [0.5, 0.6) is 0 Å². The van der Waals surface area contributed by atoms with E-state index in [1.165, 1.54) is 20.0 Å². The van der Waals surface area contributed by atoms with Gasteiger partial charge in [-0.1, -0.05) is 18.2 Å². The van der Waals surface area contributed by atoms with E-state index >= 15 is 0 Å². The molecule has 0 saturated carbocycles. The lowest BCUT2D eigenvalue weighted by molar-refractivity contribution is -0.119. The van der Waals surface area contributed by atoms with Crippen LogP contribution in [0.4, 0.5) is 11.4 Å². The molecule has 31 heavy (non-hydrogen) atoms. The van der Waals surface area contributed by atoms with Gasteiger partial charge in [0, 0.05) is 37.4 Å². The fourth-order valence-electron chi connectivity index (χ4n) is 4.72. The zero-order valence-electron chi connectivity index (χ0n) is 18.2. The van der Waals surface area contributed by atoms with Crippen LogP contribution in [0.25, 0.3) is 0 Å². The molecule has 2 atom stereocenters. The number of carbonyl (C=O) groups is 2. The van der Waals surface area contributed by atoms with Gasteiger partial charge in [-0.25, -0.2) is 8.42 Å². The number of hydrogen-bond acceptors (Lipinski definition) is 4. The van der Waals surface area contributed by atoms with Crippen LogP contribution in [0.15, 0.2) is 47.4 Å². The van der Waals surface area contributed by atoms with E-state index < -0.39 is 10.0 Å². The van der Waals surface area contributed by atoms with E-state index in [2.05, 4.69) is 0 Å². The predicted molar refractivity (Wildman–Crippen MR) is 120 cm³/mol. The molecule has 164 valence electrons. The Balaban J connectivity index is 1.56. The van der Waals surface area contributed by atoms with Crippen molar-refractivity contribution in [3.8, 4) is 0 Å². The zero-order valence-corrected chi connectivity index (χ0v) is 19.0. The largest absolute Gasteiger partial charge is 0.309 e. The fraction of sp³-hybridized carbons (Fsp3) is 0.391. The molecular formula is C23H27N3O4S. The molecule has 0 spiro atoms. The molecule has 2 aliphatic heterocycles. The molecule has 4 rings (SSSR count). The molecule has 2 amide bonds. The number of benzene rings is 2. The minimum absolute atomic E-state index is 0.0125. The van der Waals surface area contributed by atoms with Gasteiger partial charge in [-0.05, 0) is 62.1 Å². The van der Waals surface area contributed by atoms with Gasteiger partial charge in [0.05, 0.1) is 11.4 Å². The fourth-order valence-corrected chi connectivity index (χ4v) is 5.90. The van der Waals surface area contributed by atoms with Gasteiger partial charge in [0.1, 0.15) is 0 Å². The van der Waals surface area contributed by atoms with Crippen LogP contribution in [0.3, 0.4) is 0 Å². The van der Waals surface area contributed by atoms with Gasteiger partial charge in [0.15, 0.2) is 0 Å². The van der Waals surface area contributed by atoms with E-state index in [-0.39, 0.29) is 35.3 Å². The summed E-state index contributed by atoms with van der Waals surface area (Å²) in [6.07, 6.45) is 1.36. The molecule has 8 heteroatoms. The number of anilines is 2. The van der Waals surface area contributed by atoms with Gasteiger partial charge in [0.25, 0.3) is 0 Å². The molecule has 7 nitrogen and oxygen atoms in total. The Kier molecular flexibility index (Phi) is 5.39. The quantitative estimate of drug-likeness (QED) is 0.731. The van der Waals surface area contributed by atoms with Crippen molar-refractivity contribution in [2.45, 2.75) is 50.6 Å². The van der Waals surface area contributed by atoms with Crippen LogP contribution in [-0.2, 0) is 32.5 Å². The zero-order chi connectivity index (χ0) is 22.5. The number of carbonyl (C=O) groups excluding carboxylic acids is 2. The third kappa shape index (κ3) is 3.64. The second-order valence-corrected chi connectivity index (χ2v) is 10.5.